The molecule has 5 nitrogen and oxygen atoms in total. The van der Waals surface area contributed by atoms with Crippen molar-refractivity contribution in [1.82, 2.24) is 0 Å². The van der Waals surface area contributed by atoms with E-state index in [-0.39, 0.29) is 6.61 Å². The van der Waals surface area contributed by atoms with Crippen molar-refractivity contribution in [1.29, 1.82) is 0 Å². The van der Waals surface area contributed by atoms with E-state index >= 15 is 0 Å². The molecule has 5 heteroatoms. The van der Waals surface area contributed by atoms with Gasteiger partial charge < -0.3 is 14.2 Å². The van der Waals surface area contributed by atoms with Gasteiger partial charge in [-0.3, -0.25) is 0 Å². The predicted molar refractivity (Wildman–Crippen MR) is 113 cm³/mol. The van der Waals surface area contributed by atoms with Crippen LogP contribution in [0, 0.1) is 6.92 Å². The average molecular weight is 395 g/mol. The second-order valence-electron chi connectivity index (χ2n) is 6.39. The Balaban J connectivity index is 1.80. The van der Waals surface area contributed by atoms with E-state index in [0.717, 1.165) is 17.7 Å². The zero-order chi connectivity index (χ0) is 20.9. The Bertz CT molecular complexity index is 791. The molecule has 2 aromatic carbocycles. The molecule has 0 aliphatic rings. The summed E-state index contributed by atoms with van der Waals surface area (Å²) in [5, 5.41) is 0. The van der Waals surface area contributed by atoms with Gasteiger partial charge in [0.1, 0.15) is 11.5 Å². The molecule has 0 atom stereocenters. The summed E-state index contributed by atoms with van der Waals surface area (Å²) in [6, 6.07) is 13.7. The Kier molecular flexibility index (Phi) is 9.49. The molecule has 0 aliphatic heterocycles. The van der Waals surface area contributed by atoms with Crippen LogP contribution in [-0.4, -0.2) is 25.2 Å². The maximum absolute atomic E-state index is 12.0. The van der Waals surface area contributed by atoms with E-state index in [0.29, 0.717) is 17.9 Å². The average Bonchev–Trinajstić information content (AvgIpc) is 2.74. The van der Waals surface area contributed by atoms with Gasteiger partial charge in [0.05, 0.1) is 18.8 Å². The van der Waals surface area contributed by atoms with Gasteiger partial charge in [-0.1, -0.05) is 38.3 Å². The van der Waals surface area contributed by atoms with Crippen molar-refractivity contribution in [3.8, 4) is 11.5 Å². The molecule has 0 fully saturated rings. The van der Waals surface area contributed by atoms with E-state index in [1.165, 1.54) is 25.3 Å². The van der Waals surface area contributed by atoms with Crippen LogP contribution >= 0.6 is 0 Å². The minimum absolute atomic E-state index is 0.0817. The smallest absolute Gasteiger partial charge is 0.338 e. The highest BCUT2D eigenvalue weighted by atomic mass is 16.5. The van der Waals surface area contributed by atoms with Crippen molar-refractivity contribution in [2.24, 2.45) is 0 Å². The number of hydrogen-bond donors (Lipinski definition) is 0. The van der Waals surface area contributed by atoms with Gasteiger partial charge in [-0.05, 0) is 61.4 Å². The highest BCUT2D eigenvalue weighted by Crippen LogP contribution is 2.18. The Morgan fingerprint density at radius 2 is 1.62 bits per heavy atom. The Morgan fingerprint density at radius 1 is 0.931 bits per heavy atom. The van der Waals surface area contributed by atoms with Crippen molar-refractivity contribution >= 4 is 18.0 Å². The van der Waals surface area contributed by atoms with Crippen molar-refractivity contribution in [2.75, 3.05) is 13.2 Å². The fourth-order valence-electron chi connectivity index (χ4n) is 2.54. The van der Waals surface area contributed by atoms with Crippen LogP contribution in [0.4, 0.5) is 0 Å². The van der Waals surface area contributed by atoms with Crippen LogP contribution in [0.15, 0.2) is 54.6 Å². The number of esters is 2. The first-order chi connectivity index (χ1) is 14.1. The summed E-state index contributed by atoms with van der Waals surface area (Å²) in [4.78, 5) is 23.6. The first-order valence-corrected chi connectivity index (χ1v) is 9.81. The molecular formula is C24H27O5. The quantitative estimate of drug-likeness (QED) is 0.225. The minimum atomic E-state index is -0.487. The first-order valence-electron chi connectivity index (χ1n) is 9.81. The van der Waals surface area contributed by atoms with Gasteiger partial charge in [-0.2, -0.15) is 0 Å². The van der Waals surface area contributed by atoms with Crippen LogP contribution in [0.3, 0.4) is 0 Å². The van der Waals surface area contributed by atoms with E-state index in [1.54, 1.807) is 54.6 Å². The number of unbranched alkanes of at least 4 members (excludes halogenated alkanes) is 3. The molecule has 0 saturated heterocycles. The van der Waals surface area contributed by atoms with Gasteiger partial charge in [0.15, 0.2) is 0 Å². The van der Waals surface area contributed by atoms with Crippen LogP contribution in [0.1, 0.15) is 48.5 Å². The first kappa shape index (κ1) is 22.2. The fraction of sp³-hybridized carbons (Fsp3) is 0.292. The third kappa shape index (κ3) is 8.21. The largest absolute Gasteiger partial charge is 0.494 e. The third-order valence-electron chi connectivity index (χ3n) is 4.10. The summed E-state index contributed by atoms with van der Waals surface area (Å²) in [6.07, 6.45) is 7.58. The molecule has 0 bridgehead atoms. The van der Waals surface area contributed by atoms with Gasteiger partial charge in [-0.15, -0.1) is 0 Å². The Hall–Kier alpha value is -3.08. The lowest BCUT2D eigenvalue weighted by Crippen LogP contribution is -2.04. The zero-order valence-corrected chi connectivity index (χ0v) is 16.8. The molecule has 0 spiro atoms. The summed E-state index contributed by atoms with van der Waals surface area (Å²) >= 11 is 0. The Morgan fingerprint density at radius 3 is 2.28 bits per heavy atom. The van der Waals surface area contributed by atoms with Crippen molar-refractivity contribution < 1.29 is 23.8 Å². The molecule has 0 aliphatic carbocycles. The molecule has 29 heavy (non-hydrogen) atoms. The molecule has 0 aromatic heterocycles. The van der Waals surface area contributed by atoms with Crippen LogP contribution in [0.5, 0.6) is 11.5 Å². The number of ether oxygens (including phenoxy) is 3. The van der Waals surface area contributed by atoms with E-state index in [1.807, 2.05) is 0 Å². The Labute approximate surface area is 172 Å². The van der Waals surface area contributed by atoms with Crippen molar-refractivity contribution in [3.05, 3.63) is 72.7 Å². The van der Waals surface area contributed by atoms with Gasteiger partial charge in [0, 0.05) is 6.08 Å². The summed E-state index contributed by atoms with van der Waals surface area (Å²) in [7, 11) is 0. The highest BCUT2D eigenvalue weighted by Gasteiger charge is 2.05. The normalized spacial score (nSPS) is 10.7. The van der Waals surface area contributed by atoms with Crippen molar-refractivity contribution in [3.63, 3.8) is 0 Å². The molecule has 153 valence electrons. The maximum Gasteiger partial charge on any atom is 0.338 e. The standard InChI is InChI=1S/C24H27O5/c1-3-5-6-7-18-28-21-13-15-22(16-14-21)29-23(25)17-10-19-8-11-20(12-9-19)24(26)27-4-2/h8-17H,2-7,18H2,1H3/b17-10+. The molecule has 0 unspecified atom stereocenters. The maximum atomic E-state index is 12.0. The minimum Gasteiger partial charge on any atom is -0.494 e. The SMILES string of the molecule is [CH2]COC(=O)c1ccc(/C=C/C(=O)Oc2ccc(OCCCCCC)cc2)cc1. The predicted octanol–water partition coefficient (Wildman–Crippen LogP) is 5.26. The molecular weight excluding hydrogens is 368 g/mol. The molecule has 2 rings (SSSR count). The van der Waals surface area contributed by atoms with Crippen LogP contribution in [0.25, 0.3) is 6.08 Å². The van der Waals surface area contributed by atoms with Crippen LogP contribution < -0.4 is 9.47 Å². The summed E-state index contributed by atoms with van der Waals surface area (Å²) in [5.41, 5.74) is 1.20. The van der Waals surface area contributed by atoms with Gasteiger partial charge in [-0.25, -0.2) is 9.59 Å². The molecule has 0 N–H and O–H groups in total. The molecule has 0 saturated carbocycles. The summed E-state index contributed by atoms with van der Waals surface area (Å²) in [5.74, 6) is 0.292. The van der Waals surface area contributed by atoms with Crippen molar-refractivity contribution in [2.45, 2.75) is 32.6 Å². The van der Waals surface area contributed by atoms with Crippen LogP contribution in [-0.2, 0) is 9.53 Å². The number of carbonyl (C=O) groups excluding carboxylic acids is 2. The number of hydrogen-bond acceptors (Lipinski definition) is 5. The summed E-state index contributed by atoms with van der Waals surface area (Å²) < 4.78 is 15.8. The van der Waals surface area contributed by atoms with E-state index in [4.69, 9.17) is 14.2 Å². The lowest BCUT2D eigenvalue weighted by molar-refractivity contribution is -0.128. The molecule has 2 aromatic rings. The summed E-state index contributed by atoms with van der Waals surface area (Å²) in [6.45, 7) is 6.41. The topological polar surface area (TPSA) is 61.8 Å². The van der Waals surface area contributed by atoms with E-state index in [2.05, 4.69) is 13.8 Å². The van der Waals surface area contributed by atoms with Crippen LogP contribution in [0.2, 0.25) is 0 Å². The highest BCUT2D eigenvalue weighted by molar-refractivity contribution is 5.91. The molecule has 0 heterocycles. The lowest BCUT2D eigenvalue weighted by atomic mass is 10.1. The molecule has 0 amide bonds. The van der Waals surface area contributed by atoms with Gasteiger partial charge in [0.2, 0.25) is 0 Å². The molecule has 1 radical (unpaired) electrons. The second kappa shape index (κ2) is 12.4. The second-order valence-corrected chi connectivity index (χ2v) is 6.39. The van der Waals surface area contributed by atoms with Gasteiger partial charge >= 0.3 is 11.9 Å². The lowest BCUT2D eigenvalue weighted by Gasteiger charge is -2.07. The fourth-order valence-corrected chi connectivity index (χ4v) is 2.54. The zero-order valence-electron chi connectivity index (χ0n) is 16.8. The number of rotatable bonds is 11. The van der Waals surface area contributed by atoms with E-state index in [9.17, 15) is 9.59 Å². The number of carbonyl (C=O) groups is 2. The monoisotopic (exact) mass is 395 g/mol. The van der Waals surface area contributed by atoms with E-state index < -0.39 is 11.9 Å². The third-order valence-corrected chi connectivity index (χ3v) is 4.10. The number of benzene rings is 2. The van der Waals surface area contributed by atoms with Gasteiger partial charge in [0.25, 0.3) is 0 Å².